The van der Waals surface area contributed by atoms with Crippen LogP contribution in [0.2, 0.25) is 0 Å². The van der Waals surface area contributed by atoms with Crippen LogP contribution < -0.4 is 5.32 Å². The van der Waals surface area contributed by atoms with Crippen molar-refractivity contribution in [1.82, 2.24) is 10.2 Å². The fourth-order valence-corrected chi connectivity index (χ4v) is 1.59. The molecule has 0 spiro atoms. The third-order valence-electron chi connectivity index (χ3n) is 2.44. The molecule has 0 aromatic carbocycles. The molecule has 94 valence electrons. The summed E-state index contributed by atoms with van der Waals surface area (Å²) < 4.78 is 5.28. The van der Waals surface area contributed by atoms with Crippen molar-refractivity contribution in [3.05, 3.63) is 0 Å². The van der Waals surface area contributed by atoms with Crippen LogP contribution in [0, 0.1) is 0 Å². The molecule has 1 aliphatic heterocycles. The van der Waals surface area contributed by atoms with Crippen LogP contribution >= 0.6 is 0 Å². The Morgan fingerprint density at radius 1 is 1.56 bits per heavy atom. The van der Waals surface area contributed by atoms with Gasteiger partial charge < -0.3 is 20.1 Å². The van der Waals surface area contributed by atoms with E-state index in [0.717, 1.165) is 0 Å². The Hall–Kier alpha value is -0.810. The fraction of sp³-hybridized carbons (Fsp3) is 0.909. The number of hydrogen-bond acceptors (Lipinski definition) is 4. The van der Waals surface area contributed by atoms with Crippen LogP contribution in [0.1, 0.15) is 27.7 Å². The van der Waals surface area contributed by atoms with Crippen LogP contribution in [0.4, 0.5) is 4.79 Å². The van der Waals surface area contributed by atoms with Gasteiger partial charge in [0.25, 0.3) is 0 Å². The Balaban J connectivity index is 2.50. The lowest BCUT2D eigenvalue weighted by Crippen LogP contribution is -2.57. The van der Waals surface area contributed by atoms with Crippen molar-refractivity contribution in [2.24, 2.45) is 0 Å². The predicted octanol–water partition coefficient (Wildman–Crippen LogP) is 0.576. The summed E-state index contributed by atoms with van der Waals surface area (Å²) in [4.78, 5) is 13.4. The molecule has 0 bridgehead atoms. The number of nitrogens with zero attached hydrogens (tertiary/aromatic N) is 1. The molecule has 0 saturated carbocycles. The average Bonchev–Trinajstić information content (AvgIpc) is 2.15. The molecule has 16 heavy (non-hydrogen) atoms. The number of piperazine rings is 1. The van der Waals surface area contributed by atoms with Gasteiger partial charge >= 0.3 is 6.09 Å². The van der Waals surface area contributed by atoms with Crippen LogP contribution in [0.3, 0.4) is 0 Å². The van der Waals surface area contributed by atoms with E-state index < -0.39 is 11.7 Å². The van der Waals surface area contributed by atoms with Crippen LogP contribution in [-0.4, -0.2) is 53.5 Å². The van der Waals surface area contributed by atoms with Crippen LogP contribution in [0.25, 0.3) is 0 Å². The number of rotatable bonds is 1. The first-order valence-corrected chi connectivity index (χ1v) is 5.69. The Labute approximate surface area is 96.8 Å². The molecule has 1 saturated heterocycles. The van der Waals surface area contributed by atoms with Gasteiger partial charge in [0.15, 0.2) is 0 Å². The van der Waals surface area contributed by atoms with Gasteiger partial charge in [-0.3, -0.25) is 0 Å². The van der Waals surface area contributed by atoms with E-state index in [-0.39, 0.29) is 12.1 Å². The summed E-state index contributed by atoms with van der Waals surface area (Å²) >= 11 is 0. The summed E-state index contributed by atoms with van der Waals surface area (Å²) in [6, 6.07) is -0.0683. The zero-order valence-electron chi connectivity index (χ0n) is 10.5. The maximum Gasteiger partial charge on any atom is 0.410 e. The molecule has 0 radical (unpaired) electrons. The second kappa shape index (κ2) is 5.01. The standard InChI is InChI=1S/C11H22N2O3/c1-8(14)9-7-13(6-5-12-9)10(15)16-11(2,3)4/h8-9,12,14H,5-7H2,1-4H3/t8?,9-/m0/s1. The number of carbonyl (C=O) groups excluding carboxylic acids is 1. The number of nitrogens with one attached hydrogen (secondary N) is 1. The Kier molecular flexibility index (Phi) is 4.15. The summed E-state index contributed by atoms with van der Waals surface area (Å²) in [6.45, 7) is 9.06. The lowest BCUT2D eigenvalue weighted by molar-refractivity contribution is 0.0127. The largest absolute Gasteiger partial charge is 0.444 e. The monoisotopic (exact) mass is 230 g/mol. The highest BCUT2D eigenvalue weighted by atomic mass is 16.6. The van der Waals surface area contributed by atoms with Crippen LogP contribution in [0.15, 0.2) is 0 Å². The highest BCUT2D eigenvalue weighted by Crippen LogP contribution is 2.12. The SMILES string of the molecule is CC(O)[C@@H]1CN(C(=O)OC(C)(C)C)CCN1. The van der Waals surface area contributed by atoms with E-state index in [9.17, 15) is 9.90 Å². The molecule has 2 N–H and O–H groups in total. The van der Waals surface area contributed by atoms with Gasteiger partial charge in [0.1, 0.15) is 5.60 Å². The van der Waals surface area contributed by atoms with E-state index >= 15 is 0 Å². The fourth-order valence-electron chi connectivity index (χ4n) is 1.59. The zero-order valence-corrected chi connectivity index (χ0v) is 10.5. The summed E-state index contributed by atoms with van der Waals surface area (Å²) in [7, 11) is 0. The van der Waals surface area contributed by atoms with E-state index in [0.29, 0.717) is 19.6 Å². The lowest BCUT2D eigenvalue weighted by atomic mass is 10.1. The molecule has 0 aliphatic carbocycles. The smallest absolute Gasteiger partial charge is 0.410 e. The summed E-state index contributed by atoms with van der Waals surface area (Å²) in [5.74, 6) is 0. The maximum atomic E-state index is 11.8. The molecule has 1 unspecified atom stereocenters. The number of amides is 1. The van der Waals surface area contributed by atoms with Gasteiger partial charge in [0, 0.05) is 19.6 Å². The first-order chi connectivity index (χ1) is 7.29. The van der Waals surface area contributed by atoms with E-state index in [1.54, 1.807) is 11.8 Å². The molecular formula is C11H22N2O3. The molecule has 1 heterocycles. The van der Waals surface area contributed by atoms with E-state index in [1.165, 1.54) is 0 Å². The van der Waals surface area contributed by atoms with E-state index in [1.807, 2.05) is 20.8 Å². The molecule has 0 aromatic rings. The number of hydrogen-bond donors (Lipinski definition) is 2. The van der Waals surface area contributed by atoms with Crippen molar-refractivity contribution in [2.45, 2.75) is 45.4 Å². The third-order valence-corrected chi connectivity index (χ3v) is 2.44. The average molecular weight is 230 g/mol. The van der Waals surface area contributed by atoms with Crippen molar-refractivity contribution in [3.8, 4) is 0 Å². The number of aliphatic hydroxyl groups excluding tert-OH is 1. The molecule has 1 aliphatic rings. The van der Waals surface area contributed by atoms with Gasteiger partial charge in [0.05, 0.1) is 12.1 Å². The Morgan fingerprint density at radius 2 is 2.19 bits per heavy atom. The van der Waals surface area contributed by atoms with Gasteiger partial charge in [-0.15, -0.1) is 0 Å². The molecular weight excluding hydrogens is 208 g/mol. The first-order valence-electron chi connectivity index (χ1n) is 5.69. The number of ether oxygens (including phenoxy) is 1. The molecule has 5 nitrogen and oxygen atoms in total. The minimum atomic E-state index is -0.470. The summed E-state index contributed by atoms with van der Waals surface area (Å²) in [5, 5.41) is 12.6. The van der Waals surface area contributed by atoms with Crippen molar-refractivity contribution in [3.63, 3.8) is 0 Å². The third kappa shape index (κ3) is 3.98. The Morgan fingerprint density at radius 3 is 2.69 bits per heavy atom. The van der Waals surface area contributed by atoms with Gasteiger partial charge in [-0.25, -0.2) is 4.79 Å². The summed E-state index contributed by atoms with van der Waals surface area (Å²) in [6.07, 6.45) is -0.773. The number of aliphatic hydroxyl groups is 1. The van der Waals surface area contributed by atoms with Crippen molar-refractivity contribution in [1.29, 1.82) is 0 Å². The second-order valence-corrected chi connectivity index (χ2v) is 5.23. The van der Waals surface area contributed by atoms with Crippen molar-refractivity contribution >= 4 is 6.09 Å². The minimum absolute atomic E-state index is 0.0683. The zero-order chi connectivity index (χ0) is 12.3. The quantitative estimate of drug-likeness (QED) is 0.691. The normalized spacial score (nSPS) is 24.1. The minimum Gasteiger partial charge on any atom is -0.444 e. The Bertz CT molecular complexity index is 248. The molecule has 5 heteroatoms. The molecule has 1 rings (SSSR count). The second-order valence-electron chi connectivity index (χ2n) is 5.23. The lowest BCUT2D eigenvalue weighted by Gasteiger charge is -2.35. The molecule has 1 fully saturated rings. The maximum absolute atomic E-state index is 11.8. The number of carbonyl (C=O) groups is 1. The highest BCUT2D eigenvalue weighted by Gasteiger charge is 2.28. The molecule has 2 atom stereocenters. The van der Waals surface area contributed by atoms with E-state index in [2.05, 4.69) is 5.32 Å². The van der Waals surface area contributed by atoms with Gasteiger partial charge in [0.2, 0.25) is 0 Å². The van der Waals surface area contributed by atoms with Gasteiger partial charge in [-0.05, 0) is 27.7 Å². The van der Waals surface area contributed by atoms with Crippen LogP contribution in [0.5, 0.6) is 0 Å². The van der Waals surface area contributed by atoms with Gasteiger partial charge in [-0.1, -0.05) is 0 Å². The van der Waals surface area contributed by atoms with E-state index in [4.69, 9.17) is 4.74 Å². The topological polar surface area (TPSA) is 61.8 Å². The van der Waals surface area contributed by atoms with Crippen molar-refractivity contribution < 1.29 is 14.6 Å². The van der Waals surface area contributed by atoms with Gasteiger partial charge in [-0.2, -0.15) is 0 Å². The highest BCUT2D eigenvalue weighted by molar-refractivity contribution is 5.68. The molecule has 1 amide bonds. The predicted molar refractivity (Wildman–Crippen MR) is 61.3 cm³/mol. The van der Waals surface area contributed by atoms with Crippen LogP contribution in [-0.2, 0) is 4.74 Å². The summed E-state index contributed by atoms with van der Waals surface area (Å²) in [5.41, 5.74) is -0.470. The van der Waals surface area contributed by atoms with Crippen molar-refractivity contribution in [2.75, 3.05) is 19.6 Å². The molecule has 0 aromatic heterocycles. The first kappa shape index (κ1) is 13.3.